The Morgan fingerprint density at radius 2 is 2.19 bits per heavy atom. The topological polar surface area (TPSA) is 54.5 Å². The Morgan fingerprint density at radius 3 is 2.90 bits per heavy atom. The number of pyridine rings is 1. The van der Waals surface area contributed by atoms with Crippen molar-refractivity contribution < 1.29 is 9.53 Å². The van der Waals surface area contributed by atoms with E-state index in [4.69, 9.17) is 4.74 Å². The molecule has 2 heterocycles. The van der Waals surface area contributed by atoms with Crippen molar-refractivity contribution in [3.05, 3.63) is 23.9 Å². The van der Waals surface area contributed by atoms with Crippen LogP contribution < -0.4 is 5.32 Å². The minimum Gasteiger partial charge on any atom is -0.462 e. The fraction of sp³-hybridized carbons (Fsp3) is 0.625. The summed E-state index contributed by atoms with van der Waals surface area (Å²) in [6, 6.07) is 3.94. The minimum absolute atomic E-state index is 0.321. The van der Waals surface area contributed by atoms with Gasteiger partial charge in [0, 0.05) is 18.8 Å². The number of hydrogen-bond acceptors (Lipinski definition) is 5. The zero-order valence-corrected chi connectivity index (χ0v) is 13.0. The van der Waals surface area contributed by atoms with Gasteiger partial charge in [-0.05, 0) is 51.9 Å². The third-order valence-corrected chi connectivity index (χ3v) is 3.88. The second-order valence-electron chi connectivity index (χ2n) is 5.45. The molecular formula is C16H25N3O2. The average molecular weight is 291 g/mol. The van der Waals surface area contributed by atoms with Crippen LogP contribution in [0.4, 0.5) is 5.82 Å². The first kappa shape index (κ1) is 15.8. The molecule has 0 radical (unpaired) electrons. The number of aromatic nitrogens is 1. The summed E-state index contributed by atoms with van der Waals surface area (Å²) in [6.45, 7) is 7.50. The molecule has 1 unspecified atom stereocenters. The molecule has 5 heteroatoms. The highest BCUT2D eigenvalue weighted by Gasteiger charge is 2.18. The van der Waals surface area contributed by atoms with Crippen molar-refractivity contribution in [3.8, 4) is 0 Å². The smallest absolute Gasteiger partial charge is 0.341 e. The van der Waals surface area contributed by atoms with Crippen LogP contribution in [0.1, 0.15) is 43.5 Å². The number of ether oxygens (including phenoxy) is 1. The minimum atomic E-state index is -0.321. The molecule has 1 aromatic rings. The van der Waals surface area contributed by atoms with Crippen molar-refractivity contribution in [2.45, 2.75) is 39.2 Å². The standard InChI is InChI=1S/C16H25N3O2/c1-3-21-16(20)14-8-7-9-17-15(14)18-12-13(2)19-10-5-4-6-11-19/h7-9,13H,3-6,10-12H2,1-2H3,(H,17,18). The first-order chi connectivity index (χ1) is 10.2. The molecule has 1 aliphatic heterocycles. The Hall–Kier alpha value is -1.62. The van der Waals surface area contributed by atoms with Crippen LogP contribution in [-0.2, 0) is 4.74 Å². The van der Waals surface area contributed by atoms with Gasteiger partial charge >= 0.3 is 5.97 Å². The highest BCUT2D eigenvalue weighted by Crippen LogP contribution is 2.15. The molecule has 1 atom stereocenters. The Bertz CT molecular complexity index is 459. The summed E-state index contributed by atoms with van der Waals surface area (Å²) >= 11 is 0. The molecule has 21 heavy (non-hydrogen) atoms. The summed E-state index contributed by atoms with van der Waals surface area (Å²) in [6.07, 6.45) is 5.59. The van der Waals surface area contributed by atoms with E-state index in [0.29, 0.717) is 24.0 Å². The molecule has 0 aliphatic carbocycles. The zero-order valence-electron chi connectivity index (χ0n) is 13.0. The van der Waals surface area contributed by atoms with Crippen molar-refractivity contribution in [2.24, 2.45) is 0 Å². The van der Waals surface area contributed by atoms with Gasteiger partial charge in [0.25, 0.3) is 0 Å². The maximum atomic E-state index is 11.9. The maximum absolute atomic E-state index is 11.9. The molecule has 1 saturated heterocycles. The van der Waals surface area contributed by atoms with Crippen LogP contribution in [0.3, 0.4) is 0 Å². The van der Waals surface area contributed by atoms with Crippen LogP contribution in [0.2, 0.25) is 0 Å². The van der Waals surface area contributed by atoms with Gasteiger partial charge in [0.05, 0.1) is 6.61 Å². The van der Waals surface area contributed by atoms with Gasteiger partial charge < -0.3 is 10.1 Å². The highest BCUT2D eigenvalue weighted by molar-refractivity contribution is 5.94. The van der Waals surface area contributed by atoms with Crippen LogP contribution in [0.5, 0.6) is 0 Å². The number of carbonyl (C=O) groups excluding carboxylic acids is 1. The molecule has 0 amide bonds. The quantitative estimate of drug-likeness (QED) is 0.816. The van der Waals surface area contributed by atoms with Crippen LogP contribution >= 0.6 is 0 Å². The largest absolute Gasteiger partial charge is 0.462 e. The molecule has 116 valence electrons. The number of piperidine rings is 1. The predicted octanol–water partition coefficient (Wildman–Crippen LogP) is 2.54. The van der Waals surface area contributed by atoms with Gasteiger partial charge in [-0.2, -0.15) is 0 Å². The van der Waals surface area contributed by atoms with Crippen molar-refractivity contribution in [1.82, 2.24) is 9.88 Å². The summed E-state index contributed by atoms with van der Waals surface area (Å²) in [5.41, 5.74) is 0.505. The third kappa shape index (κ3) is 4.43. The van der Waals surface area contributed by atoms with E-state index in [1.807, 2.05) is 0 Å². The second-order valence-corrected chi connectivity index (χ2v) is 5.45. The lowest BCUT2D eigenvalue weighted by atomic mass is 10.1. The monoisotopic (exact) mass is 291 g/mol. The number of carbonyl (C=O) groups is 1. The van der Waals surface area contributed by atoms with Gasteiger partial charge in [0.2, 0.25) is 0 Å². The van der Waals surface area contributed by atoms with E-state index in [1.165, 1.54) is 19.3 Å². The third-order valence-electron chi connectivity index (χ3n) is 3.88. The Morgan fingerprint density at radius 1 is 1.43 bits per heavy atom. The highest BCUT2D eigenvalue weighted by atomic mass is 16.5. The van der Waals surface area contributed by atoms with E-state index in [9.17, 15) is 4.79 Å². The molecule has 5 nitrogen and oxygen atoms in total. The van der Waals surface area contributed by atoms with Gasteiger partial charge in [-0.3, -0.25) is 4.90 Å². The van der Waals surface area contributed by atoms with E-state index in [2.05, 4.69) is 22.1 Å². The molecule has 1 fully saturated rings. The van der Waals surface area contributed by atoms with Crippen LogP contribution in [-0.4, -0.2) is 48.1 Å². The second kappa shape index (κ2) is 7.98. The lowest BCUT2D eigenvalue weighted by Crippen LogP contribution is -2.41. The van der Waals surface area contributed by atoms with E-state index in [0.717, 1.165) is 19.6 Å². The SMILES string of the molecule is CCOC(=O)c1cccnc1NCC(C)N1CCCCC1. The Labute approximate surface area is 126 Å². The van der Waals surface area contributed by atoms with Crippen molar-refractivity contribution in [3.63, 3.8) is 0 Å². The normalized spacial score (nSPS) is 17.2. The van der Waals surface area contributed by atoms with E-state index < -0.39 is 0 Å². The van der Waals surface area contributed by atoms with Crippen molar-refractivity contribution in [1.29, 1.82) is 0 Å². The van der Waals surface area contributed by atoms with Crippen LogP contribution in [0.25, 0.3) is 0 Å². The van der Waals surface area contributed by atoms with Gasteiger partial charge in [0.15, 0.2) is 0 Å². The Balaban J connectivity index is 1.94. The molecule has 0 bridgehead atoms. The number of esters is 1. The van der Waals surface area contributed by atoms with Gasteiger partial charge in [-0.15, -0.1) is 0 Å². The predicted molar refractivity (Wildman–Crippen MR) is 83.6 cm³/mol. The molecule has 0 aromatic carbocycles. The Kier molecular flexibility index (Phi) is 5.99. The molecule has 1 aliphatic rings. The molecule has 2 rings (SSSR count). The van der Waals surface area contributed by atoms with Crippen LogP contribution in [0.15, 0.2) is 18.3 Å². The number of anilines is 1. The summed E-state index contributed by atoms with van der Waals surface area (Å²) in [7, 11) is 0. The number of nitrogens with one attached hydrogen (secondary N) is 1. The summed E-state index contributed by atoms with van der Waals surface area (Å²) < 4.78 is 5.06. The van der Waals surface area contributed by atoms with E-state index in [-0.39, 0.29) is 5.97 Å². The van der Waals surface area contributed by atoms with Crippen LogP contribution in [0, 0.1) is 0 Å². The molecule has 1 N–H and O–H groups in total. The average Bonchev–Trinajstić information content (AvgIpc) is 2.54. The summed E-state index contributed by atoms with van der Waals surface area (Å²) in [5.74, 6) is 0.290. The first-order valence-corrected chi connectivity index (χ1v) is 7.82. The lowest BCUT2D eigenvalue weighted by Gasteiger charge is -2.32. The molecular weight excluding hydrogens is 266 g/mol. The van der Waals surface area contributed by atoms with Crippen molar-refractivity contribution >= 4 is 11.8 Å². The molecule has 0 spiro atoms. The fourth-order valence-electron chi connectivity index (χ4n) is 2.65. The first-order valence-electron chi connectivity index (χ1n) is 7.82. The molecule has 0 saturated carbocycles. The number of likely N-dealkylation sites (tertiary alicyclic amines) is 1. The van der Waals surface area contributed by atoms with E-state index >= 15 is 0 Å². The number of rotatable bonds is 6. The summed E-state index contributed by atoms with van der Waals surface area (Å²) in [4.78, 5) is 18.7. The zero-order chi connectivity index (χ0) is 15.1. The summed E-state index contributed by atoms with van der Waals surface area (Å²) in [5, 5.41) is 3.30. The van der Waals surface area contributed by atoms with Gasteiger partial charge in [-0.1, -0.05) is 6.42 Å². The maximum Gasteiger partial charge on any atom is 0.341 e. The van der Waals surface area contributed by atoms with Gasteiger partial charge in [0.1, 0.15) is 11.4 Å². The number of hydrogen-bond donors (Lipinski definition) is 1. The lowest BCUT2D eigenvalue weighted by molar-refractivity contribution is 0.0527. The van der Waals surface area contributed by atoms with Gasteiger partial charge in [-0.25, -0.2) is 9.78 Å². The van der Waals surface area contributed by atoms with E-state index in [1.54, 1.807) is 25.3 Å². The molecule has 1 aromatic heterocycles. The number of nitrogens with zero attached hydrogens (tertiary/aromatic N) is 2. The van der Waals surface area contributed by atoms with Crippen molar-refractivity contribution in [2.75, 3.05) is 31.6 Å². The fourth-order valence-corrected chi connectivity index (χ4v) is 2.65.